The molecular weight excluding hydrogens is 318 g/mol. The highest BCUT2D eigenvalue weighted by atomic mass is 32.2. The highest BCUT2D eigenvalue weighted by Crippen LogP contribution is 2.29. The number of carbonyl (C=O) groups is 1. The number of ketones is 1. The predicted molar refractivity (Wildman–Crippen MR) is 99.5 cm³/mol. The fourth-order valence-electron chi connectivity index (χ4n) is 3.10. The third-order valence-electron chi connectivity index (χ3n) is 4.45. The number of fused-ring (bicyclic) bond motifs is 1. The summed E-state index contributed by atoms with van der Waals surface area (Å²) in [7, 11) is -0.987. The Kier molecular flexibility index (Phi) is 4.97. The molecule has 126 valence electrons. The number of benzene rings is 2. The van der Waals surface area contributed by atoms with Crippen LogP contribution in [0.15, 0.2) is 42.5 Å². The van der Waals surface area contributed by atoms with Crippen LogP contribution in [0.4, 0.5) is 0 Å². The van der Waals surface area contributed by atoms with Crippen molar-refractivity contribution in [1.82, 2.24) is 4.72 Å². The number of hydrogen-bond acceptors (Lipinski definition) is 2. The summed E-state index contributed by atoms with van der Waals surface area (Å²) in [5, 5.41) is 0.124. The first-order valence-electron chi connectivity index (χ1n) is 8.34. The fourth-order valence-corrected chi connectivity index (χ4v) is 3.87. The van der Waals surface area contributed by atoms with Crippen molar-refractivity contribution in [2.45, 2.75) is 44.9 Å². The molecule has 2 aromatic rings. The number of nitrogens with one attached hydrogen (secondary N) is 1. The highest BCUT2D eigenvalue weighted by Gasteiger charge is 2.23. The Balaban J connectivity index is 1.81. The first-order valence-corrected chi connectivity index (χ1v) is 9.55. The molecule has 0 fully saturated rings. The molecule has 2 aromatic carbocycles. The molecule has 1 aliphatic carbocycles. The maximum absolute atomic E-state index is 12.0. The van der Waals surface area contributed by atoms with Crippen molar-refractivity contribution in [2.24, 2.45) is 0 Å². The van der Waals surface area contributed by atoms with Gasteiger partial charge in [-0.15, -0.1) is 0 Å². The second kappa shape index (κ2) is 6.99. The first-order chi connectivity index (χ1) is 11.4. The highest BCUT2D eigenvalue weighted by molar-refractivity contribution is 7.83. The van der Waals surface area contributed by atoms with E-state index in [2.05, 4.69) is 22.9 Å². The van der Waals surface area contributed by atoms with Crippen LogP contribution in [0.3, 0.4) is 0 Å². The van der Waals surface area contributed by atoms with Crippen molar-refractivity contribution in [2.75, 3.05) is 0 Å². The summed E-state index contributed by atoms with van der Waals surface area (Å²) in [6.45, 7) is 5.52. The standard InChI is InChI=1S/C20H23NO2S/c1-13(2)24(23)21-20-11-18-8-7-17(10-19(18)12-20)16-6-4-5-15(9-16)14(3)22/h4-10,13,20-21H,11-12H2,1-3H3. The van der Waals surface area contributed by atoms with Gasteiger partial charge in [0.15, 0.2) is 5.78 Å². The third kappa shape index (κ3) is 3.65. The van der Waals surface area contributed by atoms with E-state index in [1.54, 1.807) is 6.92 Å². The molecule has 2 atom stereocenters. The SMILES string of the molecule is CC(=O)c1cccc(-c2ccc3c(c2)CC(NS(=O)C(C)C)C3)c1. The van der Waals surface area contributed by atoms with Gasteiger partial charge < -0.3 is 0 Å². The maximum Gasteiger partial charge on any atom is 0.159 e. The molecule has 0 aliphatic heterocycles. The van der Waals surface area contributed by atoms with Crippen LogP contribution in [0.5, 0.6) is 0 Å². The molecule has 0 amide bonds. The number of carbonyl (C=O) groups excluding carboxylic acids is 1. The molecule has 0 saturated heterocycles. The normalized spacial score (nSPS) is 17.8. The topological polar surface area (TPSA) is 46.2 Å². The molecule has 24 heavy (non-hydrogen) atoms. The third-order valence-corrected chi connectivity index (χ3v) is 5.87. The lowest BCUT2D eigenvalue weighted by atomic mass is 9.98. The van der Waals surface area contributed by atoms with E-state index in [1.165, 1.54) is 11.1 Å². The largest absolute Gasteiger partial charge is 0.295 e. The monoisotopic (exact) mass is 341 g/mol. The van der Waals surface area contributed by atoms with E-state index in [1.807, 2.05) is 38.1 Å². The molecule has 3 rings (SSSR count). The van der Waals surface area contributed by atoms with Gasteiger partial charge in [-0.1, -0.05) is 36.4 Å². The minimum atomic E-state index is -0.987. The van der Waals surface area contributed by atoms with Gasteiger partial charge in [0, 0.05) is 16.9 Å². The maximum atomic E-state index is 12.0. The Morgan fingerprint density at radius 1 is 1.08 bits per heavy atom. The van der Waals surface area contributed by atoms with E-state index < -0.39 is 11.0 Å². The van der Waals surface area contributed by atoms with E-state index in [9.17, 15) is 9.00 Å². The van der Waals surface area contributed by atoms with Crippen LogP contribution in [-0.2, 0) is 23.8 Å². The van der Waals surface area contributed by atoms with E-state index in [0.717, 1.165) is 29.5 Å². The Bertz CT molecular complexity index is 798. The number of rotatable bonds is 5. The Morgan fingerprint density at radius 3 is 2.50 bits per heavy atom. The molecule has 0 radical (unpaired) electrons. The summed E-state index contributed by atoms with van der Waals surface area (Å²) in [5.41, 5.74) is 5.55. The van der Waals surface area contributed by atoms with Crippen LogP contribution >= 0.6 is 0 Å². The van der Waals surface area contributed by atoms with E-state index in [-0.39, 0.29) is 17.1 Å². The Hall–Kier alpha value is -1.78. The minimum absolute atomic E-state index is 0.0819. The zero-order chi connectivity index (χ0) is 17.3. The Labute approximate surface area is 146 Å². The molecule has 0 bridgehead atoms. The van der Waals surface area contributed by atoms with E-state index in [0.29, 0.717) is 0 Å². The molecule has 1 aliphatic rings. The van der Waals surface area contributed by atoms with Gasteiger partial charge in [-0.2, -0.15) is 0 Å². The zero-order valence-electron chi connectivity index (χ0n) is 14.3. The number of hydrogen-bond donors (Lipinski definition) is 1. The zero-order valence-corrected chi connectivity index (χ0v) is 15.2. The lowest BCUT2D eigenvalue weighted by Crippen LogP contribution is -2.34. The molecule has 0 saturated carbocycles. The molecule has 0 aromatic heterocycles. The van der Waals surface area contributed by atoms with Gasteiger partial charge >= 0.3 is 0 Å². The van der Waals surface area contributed by atoms with Gasteiger partial charge in [-0.25, -0.2) is 8.93 Å². The van der Waals surface area contributed by atoms with Gasteiger partial charge in [0.05, 0.1) is 11.0 Å². The average molecular weight is 341 g/mol. The van der Waals surface area contributed by atoms with Crippen LogP contribution in [0, 0.1) is 0 Å². The van der Waals surface area contributed by atoms with Crippen molar-refractivity contribution in [1.29, 1.82) is 0 Å². The van der Waals surface area contributed by atoms with Crippen LogP contribution in [0.1, 0.15) is 42.3 Å². The van der Waals surface area contributed by atoms with Crippen molar-refractivity contribution < 1.29 is 9.00 Å². The van der Waals surface area contributed by atoms with Crippen molar-refractivity contribution >= 4 is 16.8 Å². The van der Waals surface area contributed by atoms with E-state index >= 15 is 0 Å². The second-order valence-electron chi connectivity index (χ2n) is 6.69. The van der Waals surface area contributed by atoms with Crippen molar-refractivity contribution in [3.05, 3.63) is 59.2 Å². The lowest BCUT2D eigenvalue weighted by molar-refractivity contribution is 0.101. The van der Waals surface area contributed by atoms with Crippen LogP contribution < -0.4 is 4.72 Å². The smallest absolute Gasteiger partial charge is 0.159 e. The quantitative estimate of drug-likeness (QED) is 0.843. The van der Waals surface area contributed by atoms with Gasteiger partial charge in [-0.3, -0.25) is 4.79 Å². The summed E-state index contributed by atoms with van der Waals surface area (Å²) in [5.74, 6) is 0.0819. The molecule has 0 heterocycles. The lowest BCUT2D eigenvalue weighted by Gasteiger charge is -2.13. The summed E-state index contributed by atoms with van der Waals surface area (Å²) in [6.07, 6.45) is 1.82. The summed E-state index contributed by atoms with van der Waals surface area (Å²) < 4.78 is 15.2. The van der Waals surface area contributed by atoms with Crippen LogP contribution in [0.2, 0.25) is 0 Å². The minimum Gasteiger partial charge on any atom is -0.295 e. The number of Topliss-reactive ketones (excluding diaryl/α,β-unsaturated/α-hetero) is 1. The second-order valence-corrected chi connectivity index (χ2v) is 8.46. The molecule has 0 spiro atoms. The van der Waals surface area contributed by atoms with Gasteiger partial charge in [0.25, 0.3) is 0 Å². The van der Waals surface area contributed by atoms with Gasteiger partial charge in [0.2, 0.25) is 0 Å². The first kappa shape index (κ1) is 17.1. The molecule has 4 heteroatoms. The van der Waals surface area contributed by atoms with Gasteiger partial charge in [0.1, 0.15) is 0 Å². The van der Waals surface area contributed by atoms with Crippen molar-refractivity contribution in [3.63, 3.8) is 0 Å². The van der Waals surface area contributed by atoms with Crippen molar-refractivity contribution in [3.8, 4) is 11.1 Å². The van der Waals surface area contributed by atoms with E-state index in [4.69, 9.17) is 0 Å². The van der Waals surface area contributed by atoms with Crippen LogP contribution in [-0.4, -0.2) is 21.3 Å². The fraction of sp³-hybridized carbons (Fsp3) is 0.350. The predicted octanol–water partition coefficient (Wildman–Crippen LogP) is 3.69. The van der Waals surface area contributed by atoms with Gasteiger partial charge in [-0.05, 0) is 61.9 Å². The van der Waals surface area contributed by atoms with Crippen LogP contribution in [0.25, 0.3) is 11.1 Å². The summed E-state index contributed by atoms with van der Waals surface area (Å²) in [4.78, 5) is 11.6. The Morgan fingerprint density at radius 2 is 1.79 bits per heavy atom. The summed E-state index contributed by atoms with van der Waals surface area (Å²) in [6, 6.07) is 14.5. The molecule has 2 unspecified atom stereocenters. The molecule has 3 nitrogen and oxygen atoms in total. The molecule has 1 N–H and O–H groups in total. The molecular formula is C20H23NO2S. The average Bonchev–Trinajstić information content (AvgIpc) is 2.96. The summed E-state index contributed by atoms with van der Waals surface area (Å²) >= 11 is 0.